The van der Waals surface area contributed by atoms with Gasteiger partial charge < -0.3 is 14.6 Å². The van der Waals surface area contributed by atoms with Crippen molar-refractivity contribution < 1.29 is 14.6 Å². The predicted octanol–water partition coefficient (Wildman–Crippen LogP) is 6.44. The summed E-state index contributed by atoms with van der Waals surface area (Å²) in [7, 11) is 1.65. The van der Waals surface area contributed by atoms with E-state index in [1.54, 1.807) is 18.0 Å². The van der Waals surface area contributed by atoms with Crippen LogP contribution in [0.25, 0.3) is 33.5 Å². The van der Waals surface area contributed by atoms with E-state index >= 15 is 0 Å². The Morgan fingerprint density at radius 1 is 0.857 bits per heavy atom. The number of ether oxygens (including phenoxy) is 2. The highest BCUT2D eigenvalue weighted by atomic mass is 16.5. The van der Waals surface area contributed by atoms with Crippen molar-refractivity contribution >= 4 is 16.4 Å². The largest absolute Gasteiger partial charge is 0.507 e. The third-order valence-electron chi connectivity index (χ3n) is 7.81. The van der Waals surface area contributed by atoms with Crippen LogP contribution in [0, 0.1) is 6.92 Å². The predicted molar refractivity (Wildman–Crippen MR) is 158 cm³/mol. The first-order chi connectivity index (χ1) is 20.6. The molecular weight excluding hydrogens is 528 g/mol. The van der Waals surface area contributed by atoms with Gasteiger partial charge in [0.15, 0.2) is 11.5 Å². The normalized spacial score (nSPS) is 14.0. The smallest absolute Gasteiger partial charge is 0.230 e. The molecule has 1 aliphatic heterocycles. The van der Waals surface area contributed by atoms with Gasteiger partial charge in [-0.3, -0.25) is 0 Å². The molecule has 4 aromatic carbocycles. The fourth-order valence-electron chi connectivity index (χ4n) is 5.80. The lowest BCUT2D eigenvalue weighted by Gasteiger charge is -2.26. The molecule has 3 aromatic heterocycles. The van der Waals surface area contributed by atoms with Crippen molar-refractivity contribution in [1.82, 2.24) is 29.4 Å². The lowest BCUT2D eigenvalue weighted by Crippen LogP contribution is -2.16. The number of para-hydroxylation sites is 1. The summed E-state index contributed by atoms with van der Waals surface area (Å²) in [6, 6.07) is 29.3. The molecule has 204 valence electrons. The Balaban J connectivity index is 1.36. The second kappa shape index (κ2) is 9.17. The Morgan fingerprint density at radius 2 is 1.64 bits per heavy atom. The minimum absolute atomic E-state index is 0.135. The maximum atomic E-state index is 11.2. The van der Waals surface area contributed by atoms with Gasteiger partial charge in [0, 0.05) is 5.39 Å². The van der Waals surface area contributed by atoms with Gasteiger partial charge in [0.25, 0.3) is 0 Å². The van der Waals surface area contributed by atoms with Crippen LogP contribution in [0.3, 0.4) is 0 Å². The molecule has 0 aliphatic carbocycles. The van der Waals surface area contributed by atoms with Gasteiger partial charge in [-0.05, 0) is 48.2 Å². The molecule has 0 saturated carbocycles. The van der Waals surface area contributed by atoms with Crippen molar-refractivity contribution in [2.24, 2.45) is 0 Å². The Kier molecular flexibility index (Phi) is 5.27. The number of hydrogen-bond donors (Lipinski definition) is 1. The number of rotatable bonds is 4. The monoisotopic (exact) mass is 552 g/mol. The summed E-state index contributed by atoms with van der Waals surface area (Å²) in [5.74, 6) is 2.02. The number of phenolic OH excluding ortho intramolecular Hbond substituents is 1. The number of methoxy groups -OCH3 is 1. The van der Waals surface area contributed by atoms with Crippen LogP contribution in [0.5, 0.6) is 23.3 Å². The molecule has 4 heterocycles. The summed E-state index contributed by atoms with van der Waals surface area (Å²) >= 11 is 0. The third-order valence-corrected chi connectivity index (χ3v) is 7.81. The first-order valence-electron chi connectivity index (χ1n) is 13.5. The number of phenols is 1. The number of aromatic hydroxyl groups is 1. The van der Waals surface area contributed by atoms with Crippen LogP contribution in [0.15, 0.2) is 97.3 Å². The van der Waals surface area contributed by atoms with Crippen LogP contribution >= 0.6 is 0 Å². The van der Waals surface area contributed by atoms with Gasteiger partial charge in [0.2, 0.25) is 11.8 Å². The molecule has 0 radical (unpaired) electrons. The highest BCUT2D eigenvalue weighted by Gasteiger charge is 2.38. The average molecular weight is 553 g/mol. The van der Waals surface area contributed by atoms with E-state index in [2.05, 4.69) is 4.98 Å². The number of benzene rings is 4. The number of fused-ring (bicyclic) bond motifs is 5. The van der Waals surface area contributed by atoms with Crippen LogP contribution in [0.1, 0.15) is 28.3 Å². The van der Waals surface area contributed by atoms with Crippen molar-refractivity contribution in [3.8, 4) is 40.3 Å². The summed E-state index contributed by atoms with van der Waals surface area (Å²) in [6.07, 6.45) is 1.59. The van der Waals surface area contributed by atoms with E-state index in [1.165, 1.54) is 0 Å². The Bertz CT molecular complexity index is 2130. The first kappa shape index (κ1) is 24.1. The summed E-state index contributed by atoms with van der Waals surface area (Å²) in [5.41, 5.74) is 5.53. The van der Waals surface area contributed by atoms with E-state index in [9.17, 15) is 5.11 Å². The van der Waals surface area contributed by atoms with Gasteiger partial charge in [0.05, 0.1) is 41.1 Å². The molecule has 0 amide bonds. The maximum Gasteiger partial charge on any atom is 0.230 e. The SMILES string of the molecule is COc1ccc([C@@H]2c3c(C)nn(-c4ccccc4)c3Oc3ncn4nc(-c5ccc6ccccc6c5O)nc4c32)cc1. The molecule has 1 aliphatic rings. The summed E-state index contributed by atoms with van der Waals surface area (Å²) in [5, 5.41) is 22.5. The Hall–Kier alpha value is -5.70. The fourth-order valence-corrected chi connectivity index (χ4v) is 5.80. The summed E-state index contributed by atoms with van der Waals surface area (Å²) < 4.78 is 15.4. The fraction of sp³-hybridized carbons (Fsp3) is 0.0909. The molecular formula is C33H24N6O3. The zero-order chi connectivity index (χ0) is 28.4. The molecule has 0 fully saturated rings. The lowest BCUT2D eigenvalue weighted by atomic mass is 9.84. The minimum Gasteiger partial charge on any atom is -0.507 e. The van der Waals surface area contributed by atoms with Crippen molar-refractivity contribution in [1.29, 1.82) is 0 Å². The van der Waals surface area contributed by atoms with Crippen molar-refractivity contribution in [3.63, 3.8) is 0 Å². The molecule has 1 atom stereocenters. The summed E-state index contributed by atoms with van der Waals surface area (Å²) in [4.78, 5) is 9.65. The van der Waals surface area contributed by atoms with E-state index in [1.807, 2.05) is 103 Å². The number of aryl methyl sites for hydroxylation is 1. The molecule has 0 saturated heterocycles. The quantitative estimate of drug-likeness (QED) is 0.268. The van der Waals surface area contributed by atoms with E-state index in [0.29, 0.717) is 28.8 Å². The maximum absolute atomic E-state index is 11.2. The van der Waals surface area contributed by atoms with Crippen LogP contribution < -0.4 is 9.47 Å². The van der Waals surface area contributed by atoms with Crippen molar-refractivity contribution in [3.05, 3.63) is 120 Å². The lowest BCUT2D eigenvalue weighted by molar-refractivity contribution is 0.402. The molecule has 7 aromatic rings. The molecule has 9 heteroatoms. The van der Waals surface area contributed by atoms with Crippen LogP contribution in [-0.4, -0.2) is 41.6 Å². The molecule has 42 heavy (non-hydrogen) atoms. The van der Waals surface area contributed by atoms with Gasteiger partial charge in [0.1, 0.15) is 17.8 Å². The Labute approximate surface area is 240 Å². The molecule has 1 N–H and O–H groups in total. The number of hydrogen-bond acceptors (Lipinski definition) is 7. The van der Waals surface area contributed by atoms with E-state index < -0.39 is 0 Å². The average Bonchev–Trinajstić information content (AvgIpc) is 3.62. The van der Waals surface area contributed by atoms with E-state index in [-0.39, 0.29) is 11.7 Å². The van der Waals surface area contributed by atoms with Gasteiger partial charge in [-0.15, -0.1) is 5.10 Å². The molecule has 0 bridgehead atoms. The number of nitrogens with zero attached hydrogens (tertiary/aromatic N) is 6. The minimum atomic E-state index is -0.300. The topological polar surface area (TPSA) is 99.6 Å². The van der Waals surface area contributed by atoms with Crippen LogP contribution in [0.4, 0.5) is 0 Å². The van der Waals surface area contributed by atoms with E-state index in [0.717, 1.165) is 44.6 Å². The molecule has 9 nitrogen and oxygen atoms in total. The van der Waals surface area contributed by atoms with Gasteiger partial charge >= 0.3 is 0 Å². The van der Waals surface area contributed by atoms with Gasteiger partial charge in [-0.2, -0.15) is 5.10 Å². The second-order valence-electron chi connectivity index (χ2n) is 10.2. The second-order valence-corrected chi connectivity index (χ2v) is 10.2. The van der Waals surface area contributed by atoms with Crippen molar-refractivity contribution in [2.45, 2.75) is 12.8 Å². The van der Waals surface area contributed by atoms with Gasteiger partial charge in [-0.25, -0.2) is 19.2 Å². The first-order valence-corrected chi connectivity index (χ1v) is 13.5. The summed E-state index contributed by atoms with van der Waals surface area (Å²) in [6.45, 7) is 1.99. The van der Waals surface area contributed by atoms with Gasteiger partial charge in [-0.1, -0.05) is 60.7 Å². The van der Waals surface area contributed by atoms with E-state index in [4.69, 9.17) is 24.7 Å². The highest BCUT2D eigenvalue weighted by molar-refractivity contribution is 5.94. The third kappa shape index (κ3) is 3.56. The Morgan fingerprint density at radius 3 is 2.45 bits per heavy atom. The highest BCUT2D eigenvalue weighted by Crippen LogP contribution is 2.50. The van der Waals surface area contributed by atoms with Crippen LogP contribution in [-0.2, 0) is 0 Å². The standard InChI is InChI=1S/C33H24N6O3/c1-19-26-27(21-12-15-23(41-2)16-13-21)28-31-35-30(25-17-14-20-8-6-7-11-24(20)29(25)40)37-38(31)18-34-32(28)42-33(26)39(36-19)22-9-4-3-5-10-22/h3-18,27,40H,1-2H3/t27-/m1/s1. The number of aromatic nitrogens is 6. The molecule has 0 spiro atoms. The molecule has 8 rings (SSSR count). The zero-order valence-electron chi connectivity index (χ0n) is 22.8. The van der Waals surface area contributed by atoms with Crippen molar-refractivity contribution in [2.75, 3.05) is 7.11 Å². The molecule has 0 unspecified atom stereocenters. The van der Waals surface area contributed by atoms with Crippen LogP contribution in [0.2, 0.25) is 0 Å². The zero-order valence-corrected chi connectivity index (χ0v) is 22.8.